The minimum absolute atomic E-state index is 0.336. The Morgan fingerprint density at radius 2 is 1.82 bits per heavy atom. The highest BCUT2D eigenvalue weighted by Gasteiger charge is 2.01. The molecule has 0 radical (unpaired) electrons. The molecule has 0 rings (SSSR count). The molecule has 0 unspecified atom stereocenters. The predicted molar refractivity (Wildman–Crippen MR) is 64.6 cm³/mol. The van der Waals surface area contributed by atoms with Gasteiger partial charge in [-0.2, -0.15) is 0 Å². The van der Waals surface area contributed by atoms with Crippen molar-refractivity contribution in [2.24, 2.45) is 0 Å². The normalized spacial score (nSPS) is 9.53. The van der Waals surface area contributed by atoms with Crippen LogP contribution in [0.15, 0.2) is 12.2 Å². The maximum Gasteiger partial charge on any atom is 0.406 e. The van der Waals surface area contributed by atoms with Crippen molar-refractivity contribution in [1.82, 2.24) is 5.32 Å². The van der Waals surface area contributed by atoms with Gasteiger partial charge in [0, 0.05) is 12.1 Å². The van der Waals surface area contributed by atoms with Crippen LogP contribution >= 0.6 is 0 Å². The summed E-state index contributed by atoms with van der Waals surface area (Å²) in [6.07, 6.45) is 3.27. The molecule has 0 aromatic rings. The molecular formula is C12H21NO4. The van der Waals surface area contributed by atoms with E-state index >= 15 is 0 Å². The van der Waals surface area contributed by atoms with E-state index in [0.717, 1.165) is 25.7 Å². The average molecular weight is 243 g/mol. The SMILES string of the molecule is C=C(C)C(=O)OCCCCCCNC(=O)OC. The lowest BCUT2D eigenvalue weighted by molar-refractivity contribution is -0.139. The van der Waals surface area contributed by atoms with E-state index in [1.807, 2.05) is 0 Å². The molecule has 98 valence electrons. The highest BCUT2D eigenvalue weighted by molar-refractivity contribution is 5.86. The molecule has 0 fully saturated rings. The number of nitrogens with one attached hydrogen (secondary N) is 1. The Kier molecular flexibility index (Phi) is 8.82. The number of unbranched alkanes of at least 4 members (excludes halogenated alkanes) is 3. The Morgan fingerprint density at radius 3 is 2.41 bits per heavy atom. The van der Waals surface area contributed by atoms with E-state index in [1.165, 1.54) is 7.11 Å². The van der Waals surface area contributed by atoms with E-state index in [2.05, 4.69) is 16.6 Å². The van der Waals surface area contributed by atoms with Crippen LogP contribution in [0.5, 0.6) is 0 Å². The van der Waals surface area contributed by atoms with Crippen LogP contribution in [0.25, 0.3) is 0 Å². The molecular weight excluding hydrogens is 222 g/mol. The van der Waals surface area contributed by atoms with Gasteiger partial charge in [0.15, 0.2) is 0 Å². The summed E-state index contributed by atoms with van der Waals surface area (Å²) in [6.45, 7) is 6.15. The van der Waals surface area contributed by atoms with E-state index in [-0.39, 0.29) is 5.97 Å². The number of esters is 1. The number of amides is 1. The van der Waals surface area contributed by atoms with Gasteiger partial charge in [-0.25, -0.2) is 9.59 Å². The molecule has 0 aromatic carbocycles. The van der Waals surface area contributed by atoms with Crippen LogP contribution in [-0.2, 0) is 14.3 Å². The summed E-state index contributed by atoms with van der Waals surface area (Å²) in [6, 6.07) is 0. The maximum atomic E-state index is 11.0. The average Bonchev–Trinajstić information content (AvgIpc) is 2.31. The van der Waals surface area contributed by atoms with Crippen molar-refractivity contribution in [3.05, 3.63) is 12.2 Å². The van der Waals surface area contributed by atoms with E-state index in [4.69, 9.17) is 4.74 Å². The van der Waals surface area contributed by atoms with Crippen molar-refractivity contribution in [2.45, 2.75) is 32.6 Å². The fourth-order valence-electron chi connectivity index (χ4n) is 1.13. The number of methoxy groups -OCH3 is 1. The Morgan fingerprint density at radius 1 is 1.18 bits per heavy atom. The minimum Gasteiger partial charge on any atom is -0.462 e. The van der Waals surface area contributed by atoms with E-state index in [1.54, 1.807) is 6.92 Å². The van der Waals surface area contributed by atoms with Gasteiger partial charge >= 0.3 is 12.1 Å². The first-order valence-corrected chi connectivity index (χ1v) is 5.72. The molecule has 0 saturated heterocycles. The van der Waals surface area contributed by atoms with Gasteiger partial charge in [-0.1, -0.05) is 13.0 Å². The molecule has 0 aliphatic heterocycles. The van der Waals surface area contributed by atoms with Crippen molar-refractivity contribution in [2.75, 3.05) is 20.3 Å². The molecule has 1 amide bonds. The molecule has 0 aliphatic carbocycles. The molecule has 0 saturated carbocycles. The van der Waals surface area contributed by atoms with Gasteiger partial charge in [-0.05, 0) is 26.2 Å². The highest BCUT2D eigenvalue weighted by atomic mass is 16.5. The van der Waals surface area contributed by atoms with Crippen molar-refractivity contribution in [3.8, 4) is 0 Å². The second-order valence-electron chi connectivity index (χ2n) is 3.75. The van der Waals surface area contributed by atoms with Crippen molar-refractivity contribution in [3.63, 3.8) is 0 Å². The van der Waals surface area contributed by atoms with E-state index in [9.17, 15) is 9.59 Å². The predicted octanol–water partition coefficient (Wildman–Crippen LogP) is 2.02. The number of carbonyl (C=O) groups excluding carboxylic acids is 2. The number of carbonyl (C=O) groups is 2. The topological polar surface area (TPSA) is 64.6 Å². The Balaban J connectivity index is 3.22. The van der Waals surface area contributed by atoms with Crippen molar-refractivity contribution < 1.29 is 19.1 Å². The molecule has 0 heterocycles. The van der Waals surface area contributed by atoms with Crippen LogP contribution in [0.3, 0.4) is 0 Å². The van der Waals surface area contributed by atoms with E-state index in [0.29, 0.717) is 18.7 Å². The maximum absolute atomic E-state index is 11.0. The van der Waals surface area contributed by atoms with Gasteiger partial charge in [-0.15, -0.1) is 0 Å². The monoisotopic (exact) mass is 243 g/mol. The van der Waals surface area contributed by atoms with Gasteiger partial charge in [-0.3, -0.25) is 0 Å². The number of alkyl carbamates (subject to hydrolysis) is 1. The number of hydrogen-bond donors (Lipinski definition) is 1. The molecule has 5 heteroatoms. The fourth-order valence-corrected chi connectivity index (χ4v) is 1.13. The quantitative estimate of drug-likeness (QED) is 0.402. The Hall–Kier alpha value is -1.52. The zero-order valence-electron chi connectivity index (χ0n) is 10.6. The molecule has 0 atom stereocenters. The molecule has 0 bridgehead atoms. The summed E-state index contributed by atoms with van der Waals surface area (Å²) in [5.41, 5.74) is 0.423. The summed E-state index contributed by atoms with van der Waals surface area (Å²) in [4.78, 5) is 21.7. The van der Waals surface area contributed by atoms with Gasteiger partial charge in [0.05, 0.1) is 13.7 Å². The molecule has 0 aromatic heterocycles. The van der Waals surface area contributed by atoms with Crippen LogP contribution < -0.4 is 5.32 Å². The van der Waals surface area contributed by atoms with Crippen LogP contribution in [0.1, 0.15) is 32.6 Å². The third-order valence-corrected chi connectivity index (χ3v) is 2.11. The van der Waals surface area contributed by atoms with Gasteiger partial charge in [0.25, 0.3) is 0 Å². The largest absolute Gasteiger partial charge is 0.462 e. The summed E-state index contributed by atoms with van der Waals surface area (Å²) in [5.74, 6) is -0.336. The molecule has 17 heavy (non-hydrogen) atoms. The molecule has 5 nitrogen and oxygen atoms in total. The van der Waals surface area contributed by atoms with Gasteiger partial charge in [0.1, 0.15) is 0 Å². The smallest absolute Gasteiger partial charge is 0.406 e. The highest BCUT2D eigenvalue weighted by Crippen LogP contribution is 2.01. The second-order valence-corrected chi connectivity index (χ2v) is 3.75. The first kappa shape index (κ1) is 15.5. The standard InChI is InChI=1S/C12H21NO4/c1-10(2)11(14)17-9-7-5-4-6-8-13-12(15)16-3/h1,4-9H2,2-3H3,(H,13,15). The summed E-state index contributed by atoms with van der Waals surface area (Å²) >= 11 is 0. The molecule has 1 N–H and O–H groups in total. The van der Waals surface area contributed by atoms with Crippen LogP contribution in [0.4, 0.5) is 4.79 Å². The lowest BCUT2D eigenvalue weighted by Crippen LogP contribution is -2.23. The lowest BCUT2D eigenvalue weighted by atomic mass is 10.2. The van der Waals surface area contributed by atoms with Crippen molar-refractivity contribution in [1.29, 1.82) is 0 Å². The van der Waals surface area contributed by atoms with Crippen LogP contribution in [0.2, 0.25) is 0 Å². The summed E-state index contributed by atoms with van der Waals surface area (Å²) < 4.78 is 9.37. The first-order valence-electron chi connectivity index (χ1n) is 5.72. The van der Waals surface area contributed by atoms with Gasteiger partial charge in [0.2, 0.25) is 0 Å². The third-order valence-electron chi connectivity index (χ3n) is 2.11. The number of ether oxygens (including phenoxy) is 2. The Labute approximate surface area is 102 Å². The number of rotatable bonds is 8. The lowest BCUT2D eigenvalue weighted by Gasteiger charge is -2.05. The zero-order chi connectivity index (χ0) is 13.1. The second kappa shape index (κ2) is 9.69. The number of hydrogen-bond acceptors (Lipinski definition) is 4. The van der Waals surface area contributed by atoms with Gasteiger partial charge < -0.3 is 14.8 Å². The summed E-state index contributed by atoms with van der Waals surface area (Å²) in [5, 5.41) is 2.60. The minimum atomic E-state index is -0.402. The van der Waals surface area contributed by atoms with Crippen LogP contribution in [0, 0.1) is 0 Å². The van der Waals surface area contributed by atoms with Crippen LogP contribution in [-0.4, -0.2) is 32.3 Å². The first-order chi connectivity index (χ1) is 8.07. The molecule has 0 aliphatic rings. The Bertz CT molecular complexity index is 263. The summed E-state index contributed by atoms with van der Waals surface area (Å²) in [7, 11) is 1.34. The van der Waals surface area contributed by atoms with Crippen molar-refractivity contribution >= 4 is 12.1 Å². The fraction of sp³-hybridized carbons (Fsp3) is 0.667. The molecule has 0 spiro atoms. The van der Waals surface area contributed by atoms with E-state index < -0.39 is 6.09 Å². The third kappa shape index (κ3) is 9.41. The zero-order valence-corrected chi connectivity index (χ0v) is 10.6.